The van der Waals surface area contributed by atoms with E-state index in [0.717, 1.165) is 32.0 Å². The first-order valence-corrected chi connectivity index (χ1v) is 10.1. The van der Waals surface area contributed by atoms with Gasteiger partial charge < -0.3 is 19.3 Å². The van der Waals surface area contributed by atoms with E-state index >= 15 is 0 Å². The van der Waals surface area contributed by atoms with Crippen LogP contribution in [0.4, 0.5) is 0 Å². The number of nitrogens with zero attached hydrogens (tertiary/aromatic N) is 2. The maximum atomic E-state index is 5.84. The van der Waals surface area contributed by atoms with Crippen molar-refractivity contribution >= 4 is 0 Å². The molecule has 0 aromatic carbocycles. The Balaban J connectivity index is 1.21. The van der Waals surface area contributed by atoms with Crippen molar-refractivity contribution in [1.29, 1.82) is 0 Å². The topological polar surface area (TPSA) is 24.9 Å². The normalized spacial score (nSPS) is 29.0. The molecule has 2 heterocycles. The summed E-state index contributed by atoms with van der Waals surface area (Å²) in [4.78, 5) is 5.32. The summed E-state index contributed by atoms with van der Waals surface area (Å²) in [5.41, 5.74) is 0. The number of hydrogen-bond donors (Lipinski definition) is 0. The second-order valence-corrected chi connectivity index (χ2v) is 7.67. The molecule has 3 fully saturated rings. The highest BCUT2D eigenvalue weighted by atomic mass is 16.7. The van der Waals surface area contributed by atoms with Gasteiger partial charge in [-0.3, -0.25) is 0 Å². The summed E-state index contributed by atoms with van der Waals surface area (Å²) in [6.45, 7) is 9.30. The summed E-state index contributed by atoms with van der Waals surface area (Å²) in [6, 6.07) is 0. The maximum absolute atomic E-state index is 5.84. The molecule has 1 aliphatic carbocycles. The van der Waals surface area contributed by atoms with E-state index in [-0.39, 0.29) is 6.29 Å². The Hall–Kier alpha value is -0.160. The third-order valence-corrected chi connectivity index (χ3v) is 5.77. The van der Waals surface area contributed by atoms with Crippen LogP contribution in [0.15, 0.2) is 0 Å². The molecule has 23 heavy (non-hydrogen) atoms. The molecular weight excluding hydrogens is 288 g/mol. The van der Waals surface area contributed by atoms with Crippen LogP contribution in [-0.4, -0.2) is 68.6 Å². The number of hydrogen-bond acceptors (Lipinski definition) is 4. The Bertz CT molecular complexity index is 304. The molecule has 2 saturated heterocycles. The summed E-state index contributed by atoms with van der Waals surface area (Å²) in [5.74, 6) is 0.985. The van der Waals surface area contributed by atoms with Crippen LogP contribution in [0.2, 0.25) is 0 Å². The Morgan fingerprint density at radius 2 is 1.57 bits per heavy atom. The van der Waals surface area contributed by atoms with E-state index in [2.05, 4.69) is 9.80 Å². The van der Waals surface area contributed by atoms with Gasteiger partial charge in [0.25, 0.3) is 0 Å². The van der Waals surface area contributed by atoms with Crippen molar-refractivity contribution in [3.63, 3.8) is 0 Å². The Morgan fingerprint density at radius 1 is 0.826 bits per heavy atom. The highest BCUT2D eigenvalue weighted by Crippen LogP contribution is 2.24. The molecule has 0 aromatic rings. The van der Waals surface area contributed by atoms with Gasteiger partial charge in [-0.1, -0.05) is 19.3 Å². The van der Waals surface area contributed by atoms with Gasteiger partial charge in [0.05, 0.1) is 6.61 Å². The predicted octanol–water partition coefficient (Wildman–Crippen LogP) is 3.12. The molecule has 3 rings (SSSR count). The van der Waals surface area contributed by atoms with Crippen LogP contribution in [0.25, 0.3) is 0 Å². The maximum Gasteiger partial charge on any atom is 0.157 e. The average Bonchev–Trinajstić information content (AvgIpc) is 2.62. The van der Waals surface area contributed by atoms with Crippen LogP contribution < -0.4 is 0 Å². The molecule has 0 spiro atoms. The SMILES string of the molecule is C1CCC(CN2CCN(CCCO[C@@H]3CCCCO3)CC2)CC1. The second-order valence-electron chi connectivity index (χ2n) is 7.67. The zero-order valence-corrected chi connectivity index (χ0v) is 14.9. The van der Waals surface area contributed by atoms with E-state index < -0.39 is 0 Å². The number of piperazine rings is 1. The fraction of sp³-hybridized carbons (Fsp3) is 1.00. The van der Waals surface area contributed by atoms with E-state index in [0.29, 0.717) is 0 Å². The Kier molecular flexibility index (Phi) is 7.66. The van der Waals surface area contributed by atoms with Gasteiger partial charge in [-0.15, -0.1) is 0 Å². The Labute approximate surface area is 142 Å². The van der Waals surface area contributed by atoms with Gasteiger partial charge in [-0.2, -0.15) is 0 Å². The molecule has 0 unspecified atom stereocenters. The second kappa shape index (κ2) is 9.97. The molecule has 0 amide bonds. The quantitative estimate of drug-likeness (QED) is 0.672. The van der Waals surface area contributed by atoms with Crippen LogP contribution in [0, 0.1) is 5.92 Å². The molecule has 0 N–H and O–H groups in total. The van der Waals surface area contributed by atoms with Gasteiger partial charge in [0.1, 0.15) is 0 Å². The lowest BCUT2D eigenvalue weighted by Crippen LogP contribution is -2.48. The van der Waals surface area contributed by atoms with E-state index in [4.69, 9.17) is 9.47 Å². The fourth-order valence-electron chi connectivity index (χ4n) is 4.28. The van der Waals surface area contributed by atoms with Crippen molar-refractivity contribution in [3.8, 4) is 0 Å². The molecule has 0 aromatic heterocycles. The molecule has 4 heteroatoms. The lowest BCUT2D eigenvalue weighted by Gasteiger charge is -2.37. The molecule has 1 atom stereocenters. The summed E-state index contributed by atoms with van der Waals surface area (Å²) >= 11 is 0. The first-order chi connectivity index (χ1) is 11.4. The lowest BCUT2D eigenvalue weighted by atomic mass is 9.89. The van der Waals surface area contributed by atoms with Crippen molar-refractivity contribution in [3.05, 3.63) is 0 Å². The molecule has 134 valence electrons. The first-order valence-electron chi connectivity index (χ1n) is 10.1. The Morgan fingerprint density at radius 3 is 2.30 bits per heavy atom. The van der Waals surface area contributed by atoms with Crippen LogP contribution in [-0.2, 0) is 9.47 Å². The van der Waals surface area contributed by atoms with Gasteiger partial charge in [0.15, 0.2) is 6.29 Å². The summed E-state index contributed by atoms with van der Waals surface area (Å²) in [5, 5.41) is 0. The standard InChI is InChI=1S/C19H36N2O2/c1-2-7-18(8-3-1)17-21-13-11-20(12-14-21)10-6-16-23-19-9-4-5-15-22-19/h18-19H,1-17H2/t19-/m1/s1. The van der Waals surface area contributed by atoms with Crippen LogP contribution in [0.1, 0.15) is 57.8 Å². The van der Waals surface area contributed by atoms with Crippen molar-refractivity contribution in [2.24, 2.45) is 5.92 Å². The molecule has 4 nitrogen and oxygen atoms in total. The molecule has 2 aliphatic heterocycles. The monoisotopic (exact) mass is 324 g/mol. The van der Waals surface area contributed by atoms with E-state index in [1.54, 1.807) is 0 Å². The van der Waals surface area contributed by atoms with Crippen molar-refractivity contribution < 1.29 is 9.47 Å². The minimum Gasteiger partial charge on any atom is -0.353 e. The molecule has 0 radical (unpaired) electrons. The van der Waals surface area contributed by atoms with Crippen molar-refractivity contribution in [1.82, 2.24) is 9.80 Å². The van der Waals surface area contributed by atoms with Crippen molar-refractivity contribution in [2.75, 3.05) is 52.5 Å². The zero-order valence-electron chi connectivity index (χ0n) is 14.9. The molecule has 0 bridgehead atoms. The minimum absolute atomic E-state index is 0.0797. The zero-order chi connectivity index (χ0) is 15.7. The van der Waals surface area contributed by atoms with Crippen molar-refractivity contribution in [2.45, 2.75) is 64.1 Å². The van der Waals surface area contributed by atoms with Gasteiger partial charge in [0.2, 0.25) is 0 Å². The third-order valence-electron chi connectivity index (χ3n) is 5.77. The van der Waals surface area contributed by atoms with Crippen LogP contribution in [0.3, 0.4) is 0 Å². The molecular formula is C19H36N2O2. The highest BCUT2D eigenvalue weighted by molar-refractivity contribution is 4.76. The highest BCUT2D eigenvalue weighted by Gasteiger charge is 2.21. The summed E-state index contributed by atoms with van der Waals surface area (Å²) in [7, 11) is 0. The van der Waals surface area contributed by atoms with Gasteiger partial charge in [-0.05, 0) is 44.4 Å². The summed E-state index contributed by atoms with van der Waals surface area (Å²) in [6.07, 6.45) is 12.1. The lowest BCUT2D eigenvalue weighted by molar-refractivity contribution is -0.163. The largest absolute Gasteiger partial charge is 0.353 e. The molecule has 1 saturated carbocycles. The predicted molar refractivity (Wildman–Crippen MR) is 93.6 cm³/mol. The van der Waals surface area contributed by atoms with Gasteiger partial charge in [-0.25, -0.2) is 0 Å². The third kappa shape index (κ3) is 6.33. The van der Waals surface area contributed by atoms with E-state index in [1.165, 1.54) is 84.2 Å². The van der Waals surface area contributed by atoms with Gasteiger partial charge in [0, 0.05) is 45.9 Å². The number of ether oxygens (including phenoxy) is 2. The van der Waals surface area contributed by atoms with Crippen LogP contribution in [0.5, 0.6) is 0 Å². The molecule has 3 aliphatic rings. The fourth-order valence-corrected chi connectivity index (χ4v) is 4.28. The van der Waals surface area contributed by atoms with Crippen LogP contribution >= 0.6 is 0 Å². The van der Waals surface area contributed by atoms with E-state index in [1.807, 2.05) is 0 Å². The first kappa shape index (κ1) is 17.7. The average molecular weight is 325 g/mol. The summed E-state index contributed by atoms with van der Waals surface area (Å²) < 4.78 is 11.5. The smallest absolute Gasteiger partial charge is 0.157 e. The van der Waals surface area contributed by atoms with Gasteiger partial charge >= 0.3 is 0 Å². The minimum atomic E-state index is 0.0797. The number of rotatable bonds is 7. The van der Waals surface area contributed by atoms with E-state index in [9.17, 15) is 0 Å².